The van der Waals surface area contributed by atoms with Gasteiger partial charge in [0.25, 0.3) is 0 Å². The first kappa shape index (κ1) is 16.0. The molecule has 0 bridgehead atoms. The lowest BCUT2D eigenvalue weighted by molar-refractivity contribution is 0.101. The topological polar surface area (TPSA) is 63.4 Å². The Morgan fingerprint density at radius 2 is 2.09 bits per heavy atom. The summed E-state index contributed by atoms with van der Waals surface area (Å²) in [7, 11) is 0. The van der Waals surface area contributed by atoms with E-state index in [0.717, 1.165) is 32.5 Å². The average molecular weight is 395 g/mol. The molecule has 22 heavy (non-hydrogen) atoms. The van der Waals surface area contributed by atoms with E-state index in [9.17, 15) is 4.39 Å². The maximum absolute atomic E-state index is 13.7. The minimum Gasteiger partial charge on any atom is -0.314 e. The smallest absolute Gasteiger partial charge is 0.137 e. The van der Waals surface area contributed by atoms with Crippen LogP contribution in [0.5, 0.6) is 0 Å². The van der Waals surface area contributed by atoms with Crippen LogP contribution in [0.15, 0.2) is 0 Å². The minimum atomic E-state index is -0.687. The van der Waals surface area contributed by atoms with Crippen LogP contribution in [0.4, 0.5) is 4.39 Å². The molecule has 3 aliphatic heterocycles. The largest absolute Gasteiger partial charge is 0.314 e. The van der Waals surface area contributed by atoms with Gasteiger partial charge in [0.2, 0.25) is 0 Å². The first-order chi connectivity index (χ1) is 10.7. The number of rotatable bonds is 2. The van der Waals surface area contributed by atoms with Crippen LogP contribution in [0.3, 0.4) is 0 Å². The van der Waals surface area contributed by atoms with Crippen molar-refractivity contribution in [2.45, 2.75) is 53.3 Å². The predicted octanol–water partition coefficient (Wildman–Crippen LogP) is 0.0465. The number of alkyl halides is 2. The molecule has 0 aromatic rings. The van der Waals surface area contributed by atoms with E-state index >= 15 is 0 Å². The third-order valence-corrected chi connectivity index (χ3v) is 7.41. The van der Waals surface area contributed by atoms with Gasteiger partial charge in [0.05, 0.1) is 11.4 Å². The number of nitrogens with zero attached hydrogens (tertiary/aromatic N) is 1. The summed E-state index contributed by atoms with van der Waals surface area (Å²) in [6.07, 6.45) is 2.09. The van der Waals surface area contributed by atoms with E-state index in [0.29, 0.717) is 23.8 Å². The van der Waals surface area contributed by atoms with Gasteiger partial charge in [-0.15, -0.1) is 11.8 Å². The summed E-state index contributed by atoms with van der Waals surface area (Å²) in [6.45, 7) is 3.00. The summed E-state index contributed by atoms with van der Waals surface area (Å²) < 4.78 is 13.7. The molecule has 5 N–H and O–H groups in total. The molecular formula is C13H24BrFN6S. The van der Waals surface area contributed by atoms with Gasteiger partial charge in [0, 0.05) is 24.5 Å². The van der Waals surface area contributed by atoms with E-state index in [1.54, 1.807) is 0 Å². The molecule has 0 aromatic carbocycles. The summed E-state index contributed by atoms with van der Waals surface area (Å²) in [5.41, 5.74) is 10.7. The highest BCUT2D eigenvalue weighted by Gasteiger charge is 2.47. The minimum absolute atomic E-state index is 0.00943. The quantitative estimate of drug-likeness (QED) is 0.424. The number of hydrogen-bond acceptors (Lipinski definition) is 7. The van der Waals surface area contributed by atoms with Crippen molar-refractivity contribution in [3.8, 4) is 0 Å². The lowest BCUT2D eigenvalue weighted by Crippen LogP contribution is -2.63. The number of fused-ring (bicyclic) bond motifs is 1. The normalized spacial score (nSPS) is 50.2. The van der Waals surface area contributed by atoms with E-state index in [-0.39, 0.29) is 16.5 Å². The molecule has 6 nitrogen and oxygen atoms in total. The Morgan fingerprint density at radius 1 is 1.18 bits per heavy atom. The second-order valence-electron chi connectivity index (χ2n) is 6.55. The molecule has 3 heterocycles. The zero-order valence-electron chi connectivity index (χ0n) is 12.4. The molecule has 7 unspecified atom stereocenters. The number of thioether (sulfide) groups is 1. The maximum atomic E-state index is 13.7. The summed E-state index contributed by atoms with van der Waals surface area (Å²) in [6, 6.07) is 0.378. The molecule has 9 heteroatoms. The maximum Gasteiger partial charge on any atom is 0.137 e. The summed E-state index contributed by atoms with van der Waals surface area (Å²) >= 11 is 5.41. The summed E-state index contributed by atoms with van der Waals surface area (Å²) in [5, 5.41) is 9.67. The molecule has 7 atom stereocenters. The van der Waals surface area contributed by atoms with Crippen molar-refractivity contribution in [3.05, 3.63) is 0 Å². The Morgan fingerprint density at radius 3 is 2.86 bits per heavy atom. The second kappa shape index (κ2) is 6.79. The zero-order chi connectivity index (χ0) is 15.1. The molecule has 1 saturated carbocycles. The fourth-order valence-corrected chi connectivity index (χ4v) is 5.93. The fraction of sp³-hybridized carbons (Fsp3) is 1.00. The van der Waals surface area contributed by atoms with Gasteiger partial charge in [0.1, 0.15) is 17.8 Å². The van der Waals surface area contributed by atoms with Crippen LogP contribution in [0.2, 0.25) is 0 Å². The number of hydrazine groups is 2. The highest BCUT2D eigenvalue weighted by Crippen LogP contribution is 2.41. The Balaban J connectivity index is 1.37. The van der Waals surface area contributed by atoms with E-state index < -0.39 is 6.17 Å². The van der Waals surface area contributed by atoms with Crippen molar-refractivity contribution in [3.63, 3.8) is 0 Å². The van der Waals surface area contributed by atoms with Gasteiger partial charge >= 0.3 is 0 Å². The van der Waals surface area contributed by atoms with Gasteiger partial charge in [-0.3, -0.25) is 0 Å². The molecule has 1 aliphatic carbocycles. The third-order valence-electron chi connectivity index (χ3n) is 5.07. The highest BCUT2D eigenvalue weighted by molar-refractivity contribution is 9.09. The summed E-state index contributed by atoms with van der Waals surface area (Å²) in [5.74, 6) is 0.520. The van der Waals surface area contributed by atoms with Crippen LogP contribution in [0.25, 0.3) is 0 Å². The third kappa shape index (κ3) is 3.06. The van der Waals surface area contributed by atoms with Crippen molar-refractivity contribution in [2.75, 3.05) is 19.6 Å². The molecular weight excluding hydrogens is 371 g/mol. The molecule has 4 fully saturated rings. The monoisotopic (exact) mass is 394 g/mol. The van der Waals surface area contributed by atoms with Gasteiger partial charge in [0.15, 0.2) is 0 Å². The standard InChI is InChI=1S/C13H24BrFN6S/c14-8-5-7(1-2-9(8)15)12-20-21-11(18-19-13(21)22-12)10-6-16-3-4-17-10/h7-13,16-20H,1-6H2. The van der Waals surface area contributed by atoms with Crippen LogP contribution in [-0.2, 0) is 0 Å². The Labute approximate surface area is 143 Å². The molecule has 0 amide bonds. The molecule has 4 rings (SSSR count). The van der Waals surface area contributed by atoms with Gasteiger partial charge < -0.3 is 10.6 Å². The van der Waals surface area contributed by atoms with Crippen LogP contribution < -0.4 is 26.9 Å². The highest BCUT2D eigenvalue weighted by atomic mass is 79.9. The van der Waals surface area contributed by atoms with E-state index in [4.69, 9.17) is 0 Å². The molecule has 126 valence electrons. The average Bonchev–Trinajstić information content (AvgIpc) is 3.11. The van der Waals surface area contributed by atoms with Crippen molar-refractivity contribution in [2.24, 2.45) is 5.92 Å². The van der Waals surface area contributed by atoms with Crippen molar-refractivity contribution < 1.29 is 4.39 Å². The molecule has 4 aliphatic rings. The van der Waals surface area contributed by atoms with Crippen molar-refractivity contribution >= 4 is 27.7 Å². The Bertz CT molecular complexity index is 401. The Hall–Kier alpha value is 0.520. The Kier molecular flexibility index (Phi) is 4.95. The van der Waals surface area contributed by atoms with Crippen LogP contribution in [0.1, 0.15) is 19.3 Å². The second-order valence-corrected chi connectivity index (χ2v) is 8.95. The van der Waals surface area contributed by atoms with Crippen LogP contribution in [0, 0.1) is 5.92 Å². The lowest BCUT2D eigenvalue weighted by atomic mass is 9.88. The zero-order valence-corrected chi connectivity index (χ0v) is 14.8. The number of nitrogens with one attached hydrogen (secondary N) is 5. The van der Waals surface area contributed by atoms with E-state index in [1.807, 2.05) is 11.8 Å². The van der Waals surface area contributed by atoms with E-state index in [1.165, 1.54) is 0 Å². The summed E-state index contributed by atoms with van der Waals surface area (Å²) in [4.78, 5) is 0.00943. The van der Waals surface area contributed by atoms with Crippen molar-refractivity contribution in [1.29, 1.82) is 0 Å². The lowest BCUT2D eigenvalue weighted by Gasteiger charge is -2.35. The van der Waals surface area contributed by atoms with Gasteiger partial charge in [-0.25, -0.2) is 20.7 Å². The fourth-order valence-electron chi connectivity index (χ4n) is 3.80. The molecule has 0 aromatic heterocycles. The molecule has 3 saturated heterocycles. The van der Waals surface area contributed by atoms with Gasteiger partial charge in [-0.05, 0) is 25.2 Å². The SMILES string of the molecule is FC1CCC(C2NN3C(NNC3C3CNCCN3)S2)CC1Br. The van der Waals surface area contributed by atoms with Gasteiger partial charge in [-0.1, -0.05) is 15.9 Å². The number of halogens is 2. The first-order valence-corrected chi connectivity index (χ1v) is 10.0. The number of piperazine rings is 1. The molecule has 0 radical (unpaired) electrons. The predicted molar refractivity (Wildman–Crippen MR) is 89.8 cm³/mol. The first-order valence-electron chi connectivity index (χ1n) is 8.15. The van der Waals surface area contributed by atoms with Crippen LogP contribution >= 0.6 is 27.7 Å². The van der Waals surface area contributed by atoms with E-state index in [2.05, 4.69) is 47.8 Å². The van der Waals surface area contributed by atoms with Gasteiger partial charge in [-0.2, -0.15) is 5.01 Å². The van der Waals surface area contributed by atoms with Crippen molar-refractivity contribution in [1.82, 2.24) is 31.9 Å². The molecule has 0 spiro atoms. The van der Waals surface area contributed by atoms with Crippen LogP contribution in [-0.4, -0.2) is 58.7 Å². The number of hydrogen-bond donors (Lipinski definition) is 5.